The number of aromatic nitrogens is 2. The molecule has 4 heteroatoms. The Morgan fingerprint density at radius 3 is 1.58 bits per heavy atom. The van der Waals surface area contributed by atoms with Crippen molar-refractivity contribution in [1.29, 1.82) is 0 Å². The third-order valence-corrected chi connectivity index (χ3v) is 11.8. The zero-order chi connectivity index (χ0) is 42.2. The van der Waals surface area contributed by atoms with Gasteiger partial charge in [-0.15, -0.1) is 70.8 Å². The number of fused-ring (bicyclic) bond motifs is 4. The molecule has 8 aromatic rings. The predicted molar refractivity (Wildman–Crippen MR) is 254 cm³/mol. The molecule has 62 heavy (non-hydrogen) atoms. The molecule has 2 nitrogen and oxygen atoms in total. The van der Waals surface area contributed by atoms with E-state index in [2.05, 4.69) is 195 Å². The molecule has 318 valence electrons. The molecule has 0 bridgehead atoms. The Hall–Kier alpha value is -4.82. The molecule has 9 rings (SSSR count). The topological polar surface area (TPSA) is 25.8 Å². The van der Waals surface area contributed by atoms with E-state index in [1.807, 2.05) is 36.5 Å². The van der Waals surface area contributed by atoms with Crippen molar-refractivity contribution in [2.45, 2.75) is 91.4 Å². The Bertz CT molecular complexity index is 2710. The monoisotopic (exact) mass is 1170 g/mol. The molecule has 0 spiro atoms. The standard InChI is InChI=1S/C37H36N.C21H20N.2Ir/c1-36(2,3)33-17-13-26(14-18-33)30-23-31(27-15-19-34(20-16-27)37(4,5)6)25-32(24-30)28-10-9-11-29(22-28)35-12-7-8-21-38-35;1-21(2,3)17-10-11-19-16(13-17)12-15-9-8-14-6-4-5-7-18(14)20(15)22-19;;/h7-10,12-25H,1-6H3;4-6,10-13H,8-9H2,1-3H3;;/q2*-1;;. The molecule has 0 N–H and O–H groups in total. The van der Waals surface area contributed by atoms with Crippen molar-refractivity contribution in [2.24, 2.45) is 0 Å². The minimum absolute atomic E-state index is 0. The summed E-state index contributed by atoms with van der Waals surface area (Å²) in [5, 5.41) is 1.26. The van der Waals surface area contributed by atoms with Crippen LogP contribution in [0.15, 0.2) is 152 Å². The summed E-state index contributed by atoms with van der Waals surface area (Å²) in [6, 6.07) is 59.3. The van der Waals surface area contributed by atoms with Crippen molar-refractivity contribution in [2.75, 3.05) is 0 Å². The van der Waals surface area contributed by atoms with E-state index in [0.29, 0.717) is 0 Å². The van der Waals surface area contributed by atoms with Gasteiger partial charge in [-0.1, -0.05) is 147 Å². The minimum Gasteiger partial charge on any atom is -0.305 e. The van der Waals surface area contributed by atoms with Crippen molar-refractivity contribution in [1.82, 2.24) is 9.97 Å². The maximum atomic E-state index is 4.95. The van der Waals surface area contributed by atoms with Gasteiger partial charge in [0.05, 0.1) is 5.52 Å². The minimum atomic E-state index is 0. The summed E-state index contributed by atoms with van der Waals surface area (Å²) in [6.07, 6.45) is 3.99. The third kappa shape index (κ3) is 10.5. The fraction of sp³-hybridized carbons (Fsp3) is 0.241. The van der Waals surface area contributed by atoms with Gasteiger partial charge in [0.15, 0.2) is 0 Å². The molecule has 0 saturated heterocycles. The smallest absolute Gasteiger partial charge is 0.0595 e. The summed E-state index contributed by atoms with van der Waals surface area (Å²) in [4.78, 5) is 9.49. The van der Waals surface area contributed by atoms with Crippen LogP contribution in [-0.4, -0.2) is 9.97 Å². The number of benzene rings is 6. The molecule has 2 radical (unpaired) electrons. The van der Waals surface area contributed by atoms with E-state index in [1.165, 1.54) is 66.6 Å². The SMILES string of the molecule is CC(C)(C)c1ccc(-c2cc(-c3ccc(C(C)(C)C)cc3)cc(-c3cc[c-]c(-c4ccccn4)c3)c2)cc1.CC(C)(C)c1ccc2nc3c(cc2c1)CCc1ccc[c-]c1-3.[Ir].[Ir]. The molecule has 1 aliphatic carbocycles. The Morgan fingerprint density at radius 2 is 1.02 bits per heavy atom. The van der Waals surface area contributed by atoms with Crippen LogP contribution in [0.25, 0.3) is 66.8 Å². The van der Waals surface area contributed by atoms with E-state index in [4.69, 9.17) is 4.98 Å². The summed E-state index contributed by atoms with van der Waals surface area (Å²) in [5.41, 5.74) is 19.7. The van der Waals surface area contributed by atoms with E-state index in [1.54, 1.807) is 0 Å². The zero-order valence-electron chi connectivity index (χ0n) is 37.4. The molecule has 2 aromatic heterocycles. The number of rotatable bonds is 4. The molecule has 0 unspecified atom stereocenters. The Labute approximate surface area is 397 Å². The van der Waals surface area contributed by atoms with Gasteiger partial charge in [-0.05, 0) is 120 Å². The molecular weight excluding hydrogens is 1110 g/mol. The van der Waals surface area contributed by atoms with Gasteiger partial charge in [0, 0.05) is 46.4 Å². The van der Waals surface area contributed by atoms with Crippen molar-refractivity contribution >= 4 is 10.9 Å². The van der Waals surface area contributed by atoms with Gasteiger partial charge in [-0.2, -0.15) is 0 Å². The number of pyridine rings is 2. The summed E-state index contributed by atoms with van der Waals surface area (Å²) in [7, 11) is 0. The Balaban J connectivity index is 0.000000227. The van der Waals surface area contributed by atoms with Crippen molar-refractivity contribution < 1.29 is 40.2 Å². The average molecular weight is 1170 g/mol. The van der Waals surface area contributed by atoms with Gasteiger partial charge in [0.2, 0.25) is 0 Å². The second-order valence-electron chi connectivity index (χ2n) is 19.4. The summed E-state index contributed by atoms with van der Waals surface area (Å²) >= 11 is 0. The normalized spacial score (nSPS) is 12.2. The van der Waals surface area contributed by atoms with E-state index < -0.39 is 0 Å². The van der Waals surface area contributed by atoms with E-state index in [9.17, 15) is 0 Å². The van der Waals surface area contributed by atoms with Crippen LogP contribution in [0.4, 0.5) is 0 Å². The number of aryl methyl sites for hydroxylation is 2. The first-order chi connectivity index (χ1) is 28.6. The van der Waals surface area contributed by atoms with Gasteiger partial charge < -0.3 is 4.98 Å². The van der Waals surface area contributed by atoms with Gasteiger partial charge in [-0.25, -0.2) is 0 Å². The second-order valence-corrected chi connectivity index (χ2v) is 19.4. The van der Waals surface area contributed by atoms with Crippen LogP contribution in [0.1, 0.15) is 90.1 Å². The van der Waals surface area contributed by atoms with Gasteiger partial charge in [0.1, 0.15) is 0 Å². The van der Waals surface area contributed by atoms with Gasteiger partial charge >= 0.3 is 0 Å². The first kappa shape index (κ1) is 46.7. The van der Waals surface area contributed by atoms with E-state index in [-0.39, 0.29) is 56.5 Å². The van der Waals surface area contributed by atoms with E-state index in [0.717, 1.165) is 40.9 Å². The van der Waals surface area contributed by atoms with Crippen molar-refractivity contribution in [3.8, 4) is 55.9 Å². The number of hydrogen-bond acceptors (Lipinski definition) is 2. The summed E-state index contributed by atoms with van der Waals surface area (Å²) in [5.74, 6) is 0. The first-order valence-electron chi connectivity index (χ1n) is 21.3. The van der Waals surface area contributed by atoms with Gasteiger partial charge in [-0.3, -0.25) is 4.98 Å². The predicted octanol–water partition coefficient (Wildman–Crippen LogP) is 15.2. The van der Waals surface area contributed by atoms with Crippen LogP contribution in [0.2, 0.25) is 0 Å². The van der Waals surface area contributed by atoms with E-state index >= 15 is 0 Å². The maximum Gasteiger partial charge on any atom is 0.0595 e. The van der Waals surface area contributed by atoms with Crippen LogP contribution in [0.3, 0.4) is 0 Å². The zero-order valence-corrected chi connectivity index (χ0v) is 42.2. The number of hydrogen-bond donors (Lipinski definition) is 0. The van der Waals surface area contributed by atoms with Crippen LogP contribution < -0.4 is 0 Å². The van der Waals surface area contributed by atoms with Crippen LogP contribution in [-0.2, 0) is 69.3 Å². The quantitative estimate of drug-likeness (QED) is 0.164. The second kappa shape index (κ2) is 18.9. The van der Waals surface area contributed by atoms with Crippen molar-refractivity contribution in [3.63, 3.8) is 0 Å². The first-order valence-corrected chi connectivity index (χ1v) is 21.3. The van der Waals surface area contributed by atoms with Crippen molar-refractivity contribution in [3.05, 3.63) is 192 Å². The molecule has 2 heterocycles. The molecular formula is C58H56Ir2N2-2. The fourth-order valence-corrected chi connectivity index (χ4v) is 8.03. The largest absolute Gasteiger partial charge is 0.305 e. The van der Waals surface area contributed by atoms with Gasteiger partial charge in [0.25, 0.3) is 0 Å². The number of nitrogens with zero attached hydrogens (tertiary/aromatic N) is 2. The molecule has 6 aromatic carbocycles. The molecule has 0 atom stereocenters. The summed E-state index contributed by atoms with van der Waals surface area (Å²) < 4.78 is 0. The van der Waals surface area contributed by atoms with Crippen LogP contribution in [0, 0.1) is 12.1 Å². The summed E-state index contributed by atoms with van der Waals surface area (Å²) in [6.45, 7) is 20.3. The molecule has 0 amide bonds. The molecule has 0 fully saturated rings. The maximum absolute atomic E-state index is 4.95. The fourth-order valence-electron chi connectivity index (χ4n) is 8.03. The average Bonchev–Trinajstić information content (AvgIpc) is 3.25. The molecule has 0 aliphatic heterocycles. The Morgan fingerprint density at radius 1 is 0.452 bits per heavy atom. The van der Waals surface area contributed by atoms with Crippen LogP contribution in [0.5, 0.6) is 0 Å². The Kier molecular flexibility index (Phi) is 14.2. The molecule has 1 aliphatic rings. The van der Waals surface area contributed by atoms with Crippen LogP contribution >= 0.6 is 0 Å². The third-order valence-electron chi connectivity index (χ3n) is 11.8. The molecule has 0 saturated carbocycles.